The monoisotopic (exact) mass is 324 g/mol. The Morgan fingerprint density at radius 2 is 2.08 bits per heavy atom. The summed E-state index contributed by atoms with van der Waals surface area (Å²) >= 11 is 0. The molecular formula is C16H16N6O2. The Morgan fingerprint density at radius 3 is 2.88 bits per heavy atom. The maximum atomic E-state index is 11.8. The fourth-order valence-corrected chi connectivity index (χ4v) is 2.44. The Morgan fingerprint density at radius 1 is 1.25 bits per heavy atom. The van der Waals surface area contributed by atoms with Gasteiger partial charge in [-0.3, -0.25) is 9.89 Å². The molecule has 1 aliphatic carbocycles. The van der Waals surface area contributed by atoms with Crippen molar-refractivity contribution >= 4 is 34.1 Å². The van der Waals surface area contributed by atoms with Gasteiger partial charge in [0, 0.05) is 23.4 Å². The largest absolute Gasteiger partial charge is 0.494 e. The van der Waals surface area contributed by atoms with Crippen LogP contribution in [-0.2, 0) is 4.79 Å². The van der Waals surface area contributed by atoms with Crippen molar-refractivity contribution in [1.29, 1.82) is 0 Å². The van der Waals surface area contributed by atoms with Gasteiger partial charge in [0.05, 0.1) is 24.5 Å². The molecule has 24 heavy (non-hydrogen) atoms. The molecule has 1 aliphatic rings. The lowest BCUT2D eigenvalue weighted by molar-refractivity contribution is -0.117. The third-order valence-corrected chi connectivity index (χ3v) is 3.89. The number of hydrogen-bond acceptors (Lipinski definition) is 6. The Balaban J connectivity index is 1.59. The van der Waals surface area contributed by atoms with Gasteiger partial charge >= 0.3 is 0 Å². The van der Waals surface area contributed by atoms with Crippen molar-refractivity contribution in [2.45, 2.75) is 12.8 Å². The van der Waals surface area contributed by atoms with Gasteiger partial charge in [-0.05, 0) is 18.9 Å². The Bertz CT molecular complexity index is 902. The second-order valence-corrected chi connectivity index (χ2v) is 5.69. The number of carbonyl (C=O) groups is 1. The zero-order valence-corrected chi connectivity index (χ0v) is 13.0. The van der Waals surface area contributed by atoms with E-state index < -0.39 is 0 Å². The number of carbonyl (C=O) groups excluding carboxylic acids is 1. The van der Waals surface area contributed by atoms with E-state index in [0.29, 0.717) is 17.4 Å². The average molecular weight is 324 g/mol. The van der Waals surface area contributed by atoms with E-state index in [9.17, 15) is 4.79 Å². The molecule has 0 atom stereocenters. The Hall–Kier alpha value is -3.16. The van der Waals surface area contributed by atoms with Crippen LogP contribution >= 0.6 is 0 Å². The van der Waals surface area contributed by atoms with E-state index in [1.54, 1.807) is 19.4 Å². The molecule has 1 fully saturated rings. The van der Waals surface area contributed by atoms with Gasteiger partial charge < -0.3 is 15.4 Å². The molecule has 0 spiro atoms. The lowest BCUT2D eigenvalue weighted by Gasteiger charge is -2.11. The molecule has 8 heteroatoms. The zero-order valence-electron chi connectivity index (χ0n) is 13.0. The zero-order chi connectivity index (χ0) is 16.5. The number of fused-ring (bicyclic) bond motifs is 1. The van der Waals surface area contributed by atoms with Crippen LogP contribution < -0.4 is 15.4 Å². The highest BCUT2D eigenvalue weighted by molar-refractivity contribution is 5.93. The molecule has 4 rings (SSSR count). The predicted octanol–water partition coefficient (Wildman–Crippen LogP) is 2.45. The Labute approximate surface area is 137 Å². The molecule has 3 aromatic rings. The molecule has 0 aliphatic heterocycles. The molecule has 8 nitrogen and oxygen atoms in total. The van der Waals surface area contributed by atoms with Crippen LogP contribution in [0, 0.1) is 5.92 Å². The quantitative estimate of drug-likeness (QED) is 0.666. The highest BCUT2D eigenvalue weighted by Gasteiger charge is 2.29. The summed E-state index contributed by atoms with van der Waals surface area (Å²) in [4.78, 5) is 20.1. The highest BCUT2D eigenvalue weighted by atomic mass is 16.5. The van der Waals surface area contributed by atoms with Gasteiger partial charge in [0.2, 0.25) is 5.91 Å². The van der Waals surface area contributed by atoms with Gasteiger partial charge in [-0.15, -0.1) is 0 Å². The summed E-state index contributed by atoms with van der Waals surface area (Å²) in [5, 5.41) is 13.9. The third-order valence-electron chi connectivity index (χ3n) is 3.89. The third kappa shape index (κ3) is 2.85. The van der Waals surface area contributed by atoms with E-state index in [1.807, 2.05) is 12.1 Å². The smallest absolute Gasteiger partial charge is 0.228 e. The maximum absolute atomic E-state index is 11.8. The fraction of sp³-hybridized carbons (Fsp3) is 0.250. The molecule has 0 saturated heterocycles. The number of amides is 1. The minimum atomic E-state index is 0.0112. The SMILES string of the molecule is COc1cc2[nH]ncc2cc1Nc1cc(NC(=O)C2CC2)ncn1. The van der Waals surface area contributed by atoms with Crippen molar-refractivity contribution in [1.82, 2.24) is 20.2 Å². The maximum Gasteiger partial charge on any atom is 0.228 e. The first-order valence-corrected chi connectivity index (χ1v) is 7.64. The summed E-state index contributed by atoms with van der Waals surface area (Å²) < 4.78 is 5.41. The highest BCUT2D eigenvalue weighted by Crippen LogP contribution is 2.32. The molecule has 122 valence electrons. The van der Waals surface area contributed by atoms with Crippen LogP contribution in [0.5, 0.6) is 5.75 Å². The predicted molar refractivity (Wildman–Crippen MR) is 89.3 cm³/mol. The molecule has 1 aromatic carbocycles. The number of aromatic nitrogens is 4. The van der Waals surface area contributed by atoms with E-state index in [2.05, 4.69) is 30.8 Å². The van der Waals surface area contributed by atoms with Crippen LogP contribution in [0.3, 0.4) is 0 Å². The van der Waals surface area contributed by atoms with Crippen LogP contribution in [0.25, 0.3) is 10.9 Å². The summed E-state index contributed by atoms with van der Waals surface area (Å²) in [5.74, 6) is 1.84. The molecule has 2 aromatic heterocycles. The summed E-state index contributed by atoms with van der Waals surface area (Å²) in [5.41, 5.74) is 1.64. The summed E-state index contributed by atoms with van der Waals surface area (Å²) in [6.45, 7) is 0. The summed E-state index contributed by atoms with van der Waals surface area (Å²) in [6, 6.07) is 5.48. The van der Waals surface area contributed by atoms with E-state index in [-0.39, 0.29) is 11.8 Å². The number of rotatable bonds is 5. The van der Waals surface area contributed by atoms with E-state index in [0.717, 1.165) is 29.4 Å². The number of nitrogens with zero attached hydrogens (tertiary/aromatic N) is 3. The van der Waals surface area contributed by atoms with Crippen molar-refractivity contribution < 1.29 is 9.53 Å². The second-order valence-electron chi connectivity index (χ2n) is 5.69. The van der Waals surface area contributed by atoms with Gasteiger partial charge in [0.25, 0.3) is 0 Å². The minimum absolute atomic E-state index is 0.0112. The summed E-state index contributed by atoms with van der Waals surface area (Å²) in [6.07, 6.45) is 5.04. The van der Waals surface area contributed by atoms with Gasteiger partial charge in [0.15, 0.2) is 0 Å². The molecule has 1 amide bonds. The average Bonchev–Trinajstić information content (AvgIpc) is 3.34. The topological polar surface area (TPSA) is 105 Å². The lowest BCUT2D eigenvalue weighted by Crippen LogP contribution is -2.14. The number of ether oxygens (including phenoxy) is 1. The van der Waals surface area contributed by atoms with Gasteiger partial charge in [-0.1, -0.05) is 0 Å². The first kappa shape index (κ1) is 14.4. The van der Waals surface area contributed by atoms with Crippen LogP contribution in [0.2, 0.25) is 0 Å². The van der Waals surface area contributed by atoms with Crippen LogP contribution in [0.1, 0.15) is 12.8 Å². The van der Waals surface area contributed by atoms with Crippen LogP contribution in [0.4, 0.5) is 17.3 Å². The molecule has 3 N–H and O–H groups in total. The first-order valence-electron chi connectivity index (χ1n) is 7.64. The number of aromatic amines is 1. The molecule has 1 saturated carbocycles. The van der Waals surface area contributed by atoms with Crippen LogP contribution in [-0.4, -0.2) is 33.2 Å². The number of hydrogen-bond donors (Lipinski definition) is 3. The van der Waals surface area contributed by atoms with Crippen molar-refractivity contribution in [3.8, 4) is 5.75 Å². The molecular weight excluding hydrogens is 308 g/mol. The van der Waals surface area contributed by atoms with E-state index in [4.69, 9.17) is 4.74 Å². The minimum Gasteiger partial charge on any atom is -0.494 e. The van der Waals surface area contributed by atoms with Crippen molar-refractivity contribution in [3.05, 3.63) is 30.7 Å². The lowest BCUT2D eigenvalue weighted by atomic mass is 10.2. The van der Waals surface area contributed by atoms with Gasteiger partial charge in [0.1, 0.15) is 23.7 Å². The normalized spacial score (nSPS) is 13.7. The molecule has 0 unspecified atom stereocenters. The number of H-pyrrole nitrogens is 1. The molecule has 0 radical (unpaired) electrons. The van der Waals surface area contributed by atoms with Crippen molar-refractivity contribution in [3.63, 3.8) is 0 Å². The van der Waals surface area contributed by atoms with E-state index in [1.165, 1.54) is 6.33 Å². The van der Waals surface area contributed by atoms with E-state index >= 15 is 0 Å². The second kappa shape index (κ2) is 5.80. The van der Waals surface area contributed by atoms with Crippen molar-refractivity contribution in [2.75, 3.05) is 17.7 Å². The molecule has 2 heterocycles. The van der Waals surface area contributed by atoms with Gasteiger partial charge in [-0.25, -0.2) is 9.97 Å². The number of nitrogens with one attached hydrogen (secondary N) is 3. The first-order chi connectivity index (χ1) is 11.7. The van der Waals surface area contributed by atoms with Gasteiger partial charge in [-0.2, -0.15) is 5.10 Å². The Kier molecular flexibility index (Phi) is 3.49. The number of anilines is 3. The van der Waals surface area contributed by atoms with Crippen molar-refractivity contribution in [2.24, 2.45) is 5.92 Å². The number of methoxy groups -OCH3 is 1. The fourth-order valence-electron chi connectivity index (χ4n) is 2.44. The summed E-state index contributed by atoms with van der Waals surface area (Å²) in [7, 11) is 1.60. The van der Waals surface area contributed by atoms with Crippen LogP contribution in [0.15, 0.2) is 30.7 Å². The number of benzene rings is 1. The standard InChI is InChI=1S/C16H16N6O2/c1-24-13-5-11-10(7-19-22-11)4-12(13)20-14-6-15(18-8-17-14)21-16(23)9-2-3-9/h4-9H,2-3H2,1H3,(H,19,22)(H2,17,18,20,21,23). The molecule has 0 bridgehead atoms.